The van der Waals surface area contributed by atoms with Crippen molar-refractivity contribution in [1.82, 2.24) is 29.6 Å². The van der Waals surface area contributed by atoms with Gasteiger partial charge in [0, 0.05) is 47.6 Å². The predicted octanol–water partition coefficient (Wildman–Crippen LogP) is 5.24. The lowest BCUT2D eigenvalue weighted by Gasteiger charge is -2.40. The number of likely N-dealkylation sites (tertiary alicyclic amines) is 1. The van der Waals surface area contributed by atoms with E-state index in [-0.39, 0.29) is 0 Å². The Morgan fingerprint density at radius 3 is 2.89 bits per heavy atom. The number of hydrogen-bond acceptors (Lipinski definition) is 8. The van der Waals surface area contributed by atoms with Crippen molar-refractivity contribution >= 4 is 44.0 Å². The van der Waals surface area contributed by atoms with Crippen molar-refractivity contribution in [3.63, 3.8) is 0 Å². The third kappa shape index (κ3) is 3.86. The van der Waals surface area contributed by atoms with E-state index in [2.05, 4.69) is 31.4 Å². The Balaban J connectivity index is 1.40. The van der Waals surface area contributed by atoms with Gasteiger partial charge in [-0.2, -0.15) is 5.10 Å². The molecular formula is C26H26FN7OS. The third-order valence-electron chi connectivity index (χ3n) is 7.11. The van der Waals surface area contributed by atoms with Crippen LogP contribution >= 0.6 is 11.3 Å². The number of benzene rings is 2. The molecule has 184 valence electrons. The highest BCUT2D eigenvalue weighted by molar-refractivity contribution is 7.16. The van der Waals surface area contributed by atoms with Crippen LogP contribution in [0.2, 0.25) is 0 Å². The summed E-state index contributed by atoms with van der Waals surface area (Å²) in [7, 11) is 3.58. The highest BCUT2D eigenvalue weighted by Gasteiger charge is 2.41. The summed E-state index contributed by atoms with van der Waals surface area (Å²) >= 11 is 1.60. The molecule has 0 radical (unpaired) electrons. The van der Waals surface area contributed by atoms with Crippen molar-refractivity contribution in [1.29, 1.82) is 0 Å². The van der Waals surface area contributed by atoms with E-state index in [1.165, 1.54) is 6.33 Å². The number of nitrogens with one attached hydrogen (secondary N) is 1. The minimum Gasteiger partial charge on any atom is -0.496 e. The molecule has 2 atom stereocenters. The van der Waals surface area contributed by atoms with Crippen LogP contribution in [0, 0.1) is 0 Å². The molecule has 36 heavy (non-hydrogen) atoms. The largest absolute Gasteiger partial charge is 0.496 e. The van der Waals surface area contributed by atoms with Gasteiger partial charge in [0.05, 0.1) is 40.1 Å². The number of alkyl halides is 1. The molecule has 1 N–H and O–H groups in total. The lowest BCUT2D eigenvalue weighted by Crippen LogP contribution is -2.52. The third-order valence-corrected chi connectivity index (χ3v) is 7.91. The van der Waals surface area contributed by atoms with E-state index in [0.717, 1.165) is 44.5 Å². The summed E-state index contributed by atoms with van der Waals surface area (Å²) in [6, 6.07) is 9.94. The summed E-state index contributed by atoms with van der Waals surface area (Å²) in [4.78, 5) is 15.3. The molecule has 1 aliphatic heterocycles. The van der Waals surface area contributed by atoms with Crippen LogP contribution in [0.1, 0.15) is 13.3 Å². The average Bonchev–Trinajstić information content (AvgIpc) is 3.56. The fourth-order valence-electron chi connectivity index (χ4n) is 4.78. The standard InChI is InChI=1S/C26H26FN7OS/c1-26(6-7-33(2)13-24(26)27)34-12-16(11-31-34)18-9-19-21(10-22(18)35-3)28-14-29-25(19)32-17-4-5-20-23(8-17)36-15-30-20/h4-5,8-12,14-15,24H,6-7,13H2,1-3H3,(H,28,29,32)/t24-,26?/m1/s1. The quantitative estimate of drug-likeness (QED) is 0.351. The number of thiazole rings is 1. The van der Waals surface area contributed by atoms with Gasteiger partial charge < -0.3 is 15.0 Å². The van der Waals surface area contributed by atoms with Gasteiger partial charge in [0.15, 0.2) is 0 Å². The number of anilines is 2. The van der Waals surface area contributed by atoms with Gasteiger partial charge in [0.2, 0.25) is 0 Å². The van der Waals surface area contributed by atoms with Crippen LogP contribution < -0.4 is 10.1 Å². The molecule has 2 aromatic carbocycles. The molecule has 1 fully saturated rings. The zero-order chi connectivity index (χ0) is 24.9. The average molecular weight is 504 g/mol. The first-order valence-corrected chi connectivity index (χ1v) is 12.6. The van der Waals surface area contributed by atoms with Crippen LogP contribution in [0.25, 0.3) is 32.2 Å². The number of methoxy groups -OCH3 is 1. The molecule has 0 bridgehead atoms. The maximum absolute atomic E-state index is 15.1. The lowest BCUT2D eigenvalue weighted by atomic mass is 9.88. The monoisotopic (exact) mass is 503 g/mol. The molecule has 1 unspecified atom stereocenters. The van der Waals surface area contributed by atoms with Crippen LogP contribution in [0.3, 0.4) is 0 Å². The Kier molecular flexibility index (Phi) is 5.57. The number of fused-ring (bicyclic) bond motifs is 2. The molecule has 8 nitrogen and oxygen atoms in total. The number of nitrogens with zero attached hydrogens (tertiary/aromatic N) is 6. The molecule has 4 heterocycles. The van der Waals surface area contributed by atoms with Crippen LogP contribution in [0.4, 0.5) is 15.9 Å². The normalized spacial score (nSPS) is 20.7. The molecule has 0 aliphatic carbocycles. The van der Waals surface area contributed by atoms with E-state index in [9.17, 15) is 0 Å². The molecule has 1 saturated heterocycles. The van der Waals surface area contributed by atoms with Gasteiger partial charge in [0.1, 0.15) is 24.1 Å². The van der Waals surface area contributed by atoms with E-state index < -0.39 is 11.7 Å². The molecular weight excluding hydrogens is 477 g/mol. The Morgan fingerprint density at radius 1 is 1.17 bits per heavy atom. The first kappa shape index (κ1) is 22.8. The first-order chi connectivity index (χ1) is 17.4. The molecule has 0 amide bonds. The van der Waals surface area contributed by atoms with Crippen molar-refractivity contribution in [2.24, 2.45) is 0 Å². The van der Waals surface area contributed by atoms with Crippen LogP contribution in [0.15, 0.2) is 54.6 Å². The van der Waals surface area contributed by atoms with Crippen molar-refractivity contribution in [2.45, 2.75) is 25.1 Å². The van der Waals surface area contributed by atoms with Gasteiger partial charge in [-0.1, -0.05) is 0 Å². The summed E-state index contributed by atoms with van der Waals surface area (Å²) in [6.45, 7) is 3.16. The first-order valence-electron chi connectivity index (χ1n) is 11.8. The van der Waals surface area contributed by atoms with Crippen LogP contribution in [-0.4, -0.2) is 63.1 Å². The Labute approximate surface area is 211 Å². The fraction of sp³-hybridized carbons (Fsp3) is 0.308. The lowest BCUT2D eigenvalue weighted by molar-refractivity contribution is 0.0303. The van der Waals surface area contributed by atoms with E-state index in [4.69, 9.17) is 4.74 Å². The smallest absolute Gasteiger partial charge is 0.141 e. The van der Waals surface area contributed by atoms with Gasteiger partial charge in [-0.05, 0) is 44.7 Å². The number of piperidine rings is 1. The summed E-state index contributed by atoms with van der Waals surface area (Å²) < 4.78 is 23.7. The summed E-state index contributed by atoms with van der Waals surface area (Å²) in [5.74, 6) is 1.36. The van der Waals surface area contributed by atoms with Crippen molar-refractivity contribution in [3.05, 3.63) is 54.6 Å². The highest BCUT2D eigenvalue weighted by Crippen LogP contribution is 2.38. The van der Waals surface area contributed by atoms with Crippen LogP contribution in [-0.2, 0) is 5.54 Å². The van der Waals surface area contributed by atoms with Crippen molar-refractivity contribution in [3.8, 4) is 16.9 Å². The zero-order valence-corrected chi connectivity index (χ0v) is 21.1. The van der Waals surface area contributed by atoms with Gasteiger partial charge in [-0.15, -0.1) is 11.3 Å². The maximum atomic E-state index is 15.1. The second kappa shape index (κ2) is 8.79. The van der Waals surface area contributed by atoms with Crippen molar-refractivity contribution < 1.29 is 9.13 Å². The maximum Gasteiger partial charge on any atom is 0.141 e. The van der Waals surface area contributed by atoms with Gasteiger partial charge in [-0.25, -0.2) is 19.3 Å². The number of ether oxygens (including phenoxy) is 1. The summed E-state index contributed by atoms with van der Waals surface area (Å²) in [5, 5.41) is 8.86. The topological polar surface area (TPSA) is 81.0 Å². The van der Waals surface area contributed by atoms with E-state index in [1.54, 1.807) is 29.3 Å². The Morgan fingerprint density at radius 2 is 2.06 bits per heavy atom. The highest BCUT2D eigenvalue weighted by atomic mass is 32.1. The van der Waals surface area contributed by atoms with E-state index >= 15 is 4.39 Å². The van der Waals surface area contributed by atoms with Gasteiger partial charge in [-0.3, -0.25) is 4.68 Å². The van der Waals surface area contributed by atoms with Gasteiger partial charge >= 0.3 is 0 Å². The molecule has 5 aromatic rings. The number of halogens is 1. The minimum atomic E-state index is -1.01. The molecule has 6 rings (SSSR count). The van der Waals surface area contributed by atoms with Crippen molar-refractivity contribution in [2.75, 3.05) is 32.6 Å². The number of aromatic nitrogens is 5. The summed E-state index contributed by atoms with van der Waals surface area (Å²) in [6.07, 6.45) is 4.90. The van der Waals surface area contributed by atoms with Crippen LogP contribution in [0.5, 0.6) is 5.75 Å². The van der Waals surface area contributed by atoms with Gasteiger partial charge in [0.25, 0.3) is 0 Å². The Bertz CT molecular complexity index is 1570. The number of hydrogen-bond donors (Lipinski definition) is 1. The second-order valence-electron chi connectivity index (χ2n) is 9.46. The molecule has 0 spiro atoms. The summed E-state index contributed by atoms with van der Waals surface area (Å²) in [5.41, 5.74) is 5.48. The molecule has 1 aliphatic rings. The SMILES string of the molecule is COc1cc2ncnc(Nc3ccc4ncsc4c3)c2cc1-c1cnn(C2(C)CCN(C)C[C@H]2F)c1. The molecule has 0 saturated carbocycles. The predicted molar refractivity (Wildman–Crippen MR) is 141 cm³/mol. The molecule has 3 aromatic heterocycles. The van der Waals surface area contributed by atoms with E-state index in [1.807, 2.05) is 54.8 Å². The van der Waals surface area contributed by atoms with E-state index in [0.29, 0.717) is 24.5 Å². The number of rotatable bonds is 5. The zero-order valence-electron chi connectivity index (χ0n) is 20.3. The minimum absolute atomic E-state index is 0.394. The molecule has 10 heteroatoms. The fourth-order valence-corrected chi connectivity index (χ4v) is 5.50. The Hall–Kier alpha value is -3.63. The second-order valence-corrected chi connectivity index (χ2v) is 10.3.